The number of hydrogen-bond acceptors (Lipinski definition) is 7. The van der Waals surface area contributed by atoms with Crippen LogP contribution in [0.1, 0.15) is 17.8 Å². The molecule has 0 spiro atoms. The van der Waals surface area contributed by atoms with Crippen molar-refractivity contribution in [2.75, 3.05) is 59.0 Å². The third-order valence-electron chi connectivity index (χ3n) is 5.81. The molecule has 0 atom stereocenters. The highest BCUT2D eigenvalue weighted by molar-refractivity contribution is 5.76. The predicted molar refractivity (Wildman–Crippen MR) is 117 cm³/mol. The van der Waals surface area contributed by atoms with Gasteiger partial charge in [0.05, 0.1) is 26.3 Å². The minimum absolute atomic E-state index is 0.173. The zero-order valence-electron chi connectivity index (χ0n) is 18.0. The lowest BCUT2D eigenvalue weighted by Gasteiger charge is -2.34. The maximum Gasteiger partial charge on any atom is 0.224 e. The molecule has 3 heterocycles. The Hall–Kier alpha value is -2.62. The Balaban J connectivity index is 1.18. The van der Waals surface area contributed by atoms with E-state index in [-0.39, 0.29) is 5.91 Å². The van der Waals surface area contributed by atoms with E-state index >= 15 is 0 Å². The van der Waals surface area contributed by atoms with Gasteiger partial charge in [-0.2, -0.15) is 0 Å². The molecule has 2 saturated heterocycles. The van der Waals surface area contributed by atoms with Crippen molar-refractivity contribution in [3.8, 4) is 0 Å². The van der Waals surface area contributed by atoms with Gasteiger partial charge in [0.2, 0.25) is 5.91 Å². The van der Waals surface area contributed by atoms with Crippen LogP contribution in [0.15, 0.2) is 36.4 Å². The number of nitrogens with zero attached hydrogens (tertiary/aromatic N) is 7. The number of amides is 1. The number of benzene rings is 1. The summed E-state index contributed by atoms with van der Waals surface area (Å²) in [4.78, 5) is 19.3. The van der Waals surface area contributed by atoms with E-state index in [0.717, 1.165) is 64.9 Å². The van der Waals surface area contributed by atoms with E-state index in [1.54, 1.807) is 4.68 Å². The molecule has 0 saturated carbocycles. The Morgan fingerprint density at radius 2 is 1.77 bits per heavy atom. The molecular weight excluding hydrogens is 394 g/mol. The molecule has 2 aromatic rings. The number of ether oxygens (including phenoxy) is 1. The Morgan fingerprint density at radius 3 is 2.55 bits per heavy atom. The standard InChI is InChI=1S/C22H31N7O2/c30-22(8-10-29-21(23-24-25-29)19-27-15-17-31-18-16-27)28-13-11-26(12-14-28)9-4-7-20-5-2-1-3-6-20/h1-7H,8-19H2/b7-4+. The lowest BCUT2D eigenvalue weighted by molar-refractivity contribution is -0.133. The summed E-state index contributed by atoms with van der Waals surface area (Å²) in [6.45, 7) is 8.73. The minimum atomic E-state index is 0.173. The van der Waals surface area contributed by atoms with Gasteiger partial charge in [-0.1, -0.05) is 42.5 Å². The number of morpholine rings is 1. The van der Waals surface area contributed by atoms with Crippen molar-refractivity contribution in [1.82, 2.24) is 34.9 Å². The Labute approximate surface area is 183 Å². The van der Waals surface area contributed by atoms with E-state index in [2.05, 4.69) is 49.6 Å². The summed E-state index contributed by atoms with van der Waals surface area (Å²) >= 11 is 0. The average Bonchev–Trinajstić information content (AvgIpc) is 3.26. The van der Waals surface area contributed by atoms with Crippen LogP contribution < -0.4 is 0 Å². The van der Waals surface area contributed by atoms with Crippen LogP contribution in [0, 0.1) is 0 Å². The van der Waals surface area contributed by atoms with Crippen molar-refractivity contribution in [2.45, 2.75) is 19.5 Å². The first-order valence-corrected chi connectivity index (χ1v) is 11.0. The molecule has 0 bridgehead atoms. The number of hydrogen-bond donors (Lipinski definition) is 0. The van der Waals surface area contributed by atoms with Gasteiger partial charge in [-0.3, -0.25) is 14.6 Å². The zero-order chi connectivity index (χ0) is 21.3. The van der Waals surface area contributed by atoms with Crippen LogP contribution in [0.5, 0.6) is 0 Å². The van der Waals surface area contributed by atoms with Crippen LogP contribution in [0.4, 0.5) is 0 Å². The number of tetrazole rings is 1. The molecule has 4 rings (SSSR count). The molecule has 0 radical (unpaired) electrons. The first-order chi connectivity index (χ1) is 15.3. The van der Waals surface area contributed by atoms with E-state index in [1.807, 2.05) is 23.1 Å². The predicted octanol–water partition coefficient (Wildman–Crippen LogP) is 0.753. The molecule has 9 heteroatoms. The molecule has 0 N–H and O–H groups in total. The SMILES string of the molecule is O=C(CCn1nnnc1CN1CCOCC1)N1CCN(C/C=C/c2ccccc2)CC1. The maximum absolute atomic E-state index is 12.7. The quantitative estimate of drug-likeness (QED) is 0.618. The second-order valence-corrected chi connectivity index (χ2v) is 7.95. The Kier molecular flexibility index (Phi) is 7.76. The summed E-state index contributed by atoms with van der Waals surface area (Å²) in [5.41, 5.74) is 1.21. The molecule has 0 aliphatic carbocycles. The fourth-order valence-electron chi connectivity index (χ4n) is 3.91. The smallest absolute Gasteiger partial charge is 0.224 e. The number of rotatable bonds is 8. The summed E-state index contributed by atoms with van der Waals surface area (Å²) in [5, 5.41) is 12.0. The van der Waals surface area contributed by atoms with Crippen molar-refractivity contribution in [2.24, 2.45) is 0 Å². The first kappa shape index (κ1) is 21.6. The van der Waals surface area contributed by atoms with E-state index < -0.39 is 0 Å². The molecule has 0 unspecified atom stereocenters. The van der Waals surface area contributed by atoms with Crippen molar-refractivity contribution >= 4 is 12.0 Å². The molecule has 2 aliphatic heterocycles. The lowest BCUT2D eigenvalue weighted by atomic mass is 10.2. The molecular formula is C22H31N7O2. The fraction of sp³-hybridized carbons (Fsp3) is 0.545. The topological polar surface area (TPSA) is 79.6 Å². The third kappa shape index (κ3) is 6.43. The summed E-state index contributed by atoms with van der Waals surface area (Å²) in [6.07, 6.45) is 4.77. The van der Waals surface area contributed by atoms with Gasteiger partial charge in [0, 0.05) is 52.2 Å². The highest BCUT2D eigenvalue weighted by atomic mass is 16.5. The summed E-state index contributed by atoms with van der Waals surface area (Å²) in [7, 11) is 0. The molecule has 1 aromatic carbocycles. The van der Waals surface area contributed by atoms with Gasteiger partial charge in [-0.05, 0) is 16.0 Å². The number of aromatic nitrogens is 4. The zero-order valence-corrected chi connectivity index (χ0v) is 18.0. The van der Waals surface area contributed by atoms with Gasteiger partial charge >= 0.3 is 0 Å². The number of aryl methyl sites for hydroxylation is 1. The van der Waals surface area contributed by atoms with Crippen molar-refractivity contribution in [1.29, 1.82) is 0 Å². The van der Waals surface area contributed by atoms with E-state index in [0.29, 0.717) is 19.5 Å². The highest BCUT2D eigenvalue weighted by Crippen LogP contribution is 2.08. The molecule has 1 aromatic heterocycles. The van der Waals surface area contributed by atoms with Crippen molar-refractivity contribution < 1.29 is 9.53 Å². The van der Waals surface area contributed by atoms with E-state index in [9.17, 15) is 4.79 Å². The third-order valence-corrected chi connectivity index (χ3v) is 5.81. The van der Waals surface area contributed by atoms with Crippen LogP contribution in [0.2, 0.25) is 0 Å². The molecule has 1 amide bonds. The van der Waals surface area contributed by atoms with Crippen LogP contribution >= 0.6 is 0 Å². The maximum atomic E-state index is 12.7. The molecule has 31 heavy (non-hydrogen) atoms. The Morgan fingerprint density at radius 1 is 1.00 bits per heavy atom. The Bertz CT molecular complexity index is 841. The normalized spacial score (nSPS) is 18.6. The van der Waals surface area contributed by atoms with Gasteiger partial charge in [0.1, 0.15) is 0 Å². The fourth-order valence-corrected chi connectivity index (χ4v) is 3.91. The number of piperazine rings is 1. The molecule has 9 nitrogen and oxygen atoms in total. The van der Waals surface area contributed by atoms with Gasteiger partial charge in [-0.15, -0.1) is 5.10 Å². The minimum Gasteiger partial charge on any atom is -0.379 e. The van der Waals surface area contributed by atoms with Gasteiger partial charge in [-0.25, -0.2) is 4.68 Å². The average molecular weight is 426 g/mol. The van der Waals surface area contributed by atoms with E-state index in [1.165, 1.54) is 5.56 Å². The van der Waals surface area contributed by atoms with Crippen LogP contribution in [-0.4, -0.2) is 99.8 Å². The second kappa shape index (κ2) is 11.1. The summed E-state index contributed by atoms with van der Waals surface area (Å²) < 4.78 is 7.15. The molecule has 2 aliphatic rings. The monoisotopic (exact) mass is 425 g/mol. The van der Waals surface area contributed by atoms with Gasteiger partial charge in [0.15, 0.2) is 5.82 Å². The number of carbonyl (C=O) groups is 1. The van der Waals surface area contributed by atoms with Crippen molar-refractivity contribution in [3.05, 3.63) is 47.8 Å². The second-order valence-electron chi connectivity index (χ2n) is 7.95. The first-order valence-electron chi connectivity index (χ1n) is 11.0. The largest absolute Gasteiger partial charge is 0.379 e. The summed E-state index contributed by atoms with van der Waals surface area (Å²) in [5.74, 6) is 0.983. The van der Waals surface area contributed by atoms with Crippen molar-refractivity contribution in [3.63, 3.8) is 0 Å². The van der Waals surface area contributed by atoms with Gasteiger partial charge in [0.25, 0.3) is 0 Å². The number of carbonyl (C=O) groups excluding carboxylic acids is 1. The lowest BCUT2D eigenvalue weighted by Crippen LogP contribution is -2.48. The molecule has 2 fully saturated rings. The van der Waals surface area contributed by atoms with Crippen LogP contribution in [0.25, 0.3) is 6.08 Å². The molecule has 166 valence electrons. The van der Waals surface area contributed by atoms with Crippen LogP contribution in [-0.2, 0) is 22.6 Å². The summed E-state index contributed by atoms with van der Waals surface area (Å²) in [6, 6.07) is 10.3. The highest BCUT2D eigenvalue weighted by Gasteiger charge is 2.21. The van der Waals surface area contributed by atoms with Gasteiger partial charge < -0.3 is 9.64 Å². The van der Waals surface area contributed by atoms with E-state index in [4.69, 9.17) is 4.74 Å². The van der Waals surface area contributed by atoms with Crippen LogP contribution in [0.3, 0.4) is 0 Å².